The maximum absolute atomic E-state index is 12.5. The number of nitro groups is 1. The summed E-state index contributed by atoms with van der Waals surface area (Å²) in [5.74, 6) is -0.168. The molecule has 0 fully saturated rings. The van der Waals surface area contributed by atoms with Crippen molar-refractivity contribution >= 4 is 5.82 Å². The highest BCUT2D eigenvalue weighted by atomic mass is 19.1. The van der Waals surface area contributed by atoms with Gasteiger partial charge in [0.15, 0.2) is 6.33 Å². The van der Waals surface area contributed by atoms with Gasteiger partial charge in [0.1, 0.15) is 31.2 Å². The van der Waals surface area contributed by atoms with Gasteiger partial charge in [0.05, 0.1) is 12.8 Å². The Morgan fingerprint density at radius 1 is 1.58 bits per heavy atom. The summed E-state index contributed by atoms with van der Waals surface area (Å²) in [6, 6.07) is -0.793. The van der Waals surface area contributed by atoms with Crippen molar-refractivity contribution in [3.8, 4) is 0 Å². The zero-order valence-electron chi connectivity index (χ0n) is 9.76. The Hall–Kier alpha value is -2.36. The molecule has 2 heterocycles. The molecule has 0 radical (unpaired) electrons. The lowest BCUT2D eigenvalue weighted by Crippen LogP contribution is -2.15. The summed E-state index contributed by atoms with van der Waals surface area (Å²) in [6.07, 6.45) is 3.86. The van der Waals surface area contributed by atoms with Gasteiger partial charge in [-0.3, -0.25) is 0 Å². The summed E-state index contributed by atoms with van der Waals surface area (Å²) in [4.78, 5) is 13.8. The Labute approximate surface area is 106 Å². The minimum atomic E-state index is -0.793. The van der Waals surface area contributed by atoms with Crippen LogP contribution >= 0.6 is 0 Å². The largest absolute Gasteiger partial charge is 0.394 e. The van der Waals surface area contributed by atoms with E-state index < -0.39 is 24.2 Å². The van der Waals surface area contributed by atoms with Gasteiger partial charge in [-0.25, -0.2) is 18.6 Å². The quantitative estimate of drug-likeness (QED) is 0.581. The zero-order valence-corrected chi connectivity index (χ0v) is 9.76. The Morgan fingerprint density at radius 2 is 2.37 bits per heavy atom. The number of hydrogen-bond acceptors (Lipinski definition) is 6. The second-order valence-corrected chi connectivity index (χ2v) is 3.82. The molecule has 0 saturated carbocycles. The van der Waals surface area contributed by atoms with Crippen molar-refractivity contribution in [3.05, 3.63) is 34.5 Å². The molecule has 1 unspecified atom stereocenters. The number of aromatic nitrogens is 5. The van der Waals surface area contributed by atoms with Crippen LogP contribution in [0.4, 0.5) is 10.2 Å². The SMILES string of the molecule is O=[N+]([O-])c1cncn1Cc1cn(C(CO)CF)nn1. The number of nitrogens with zero attached hydrogens (tertiary/aromatic N) is 6. The van der Waals surface area contributed by atoms with E-state index in [0.29, 0.717) is 5.69 Å². The number of aliphatic hydroxyl groups excluding tert-OH is 1. The predicted octanol–water partition coefficient (Wildman–Crippen LogP) is -0.0660. The van der Waals surface area contributed by atoms with Gasteiger partial charge < -0.3 is 15.2 Å². The van der Waals surface area contributed by atoms with Gasteiger partial charge in [-0.15, -0.1) is 5.10 Å². The molecule has 0 amide bonds. The van der Waals surface area contributed by atoms with Crippen LogP contribution in [0.1, 0.15) is 11.7 Å². The smallest absolute Gasteiger partial charge is 0.342 e. The number of hydrogen-bond donors (Lipinski definition) is 1. The molecular weight excluding hydrogens is 259 g/mol. The fourth-order valence-electron chi connectivity index (χ4n) is 1.53. The summed E-state index contributed by atoms with van der Waals surface area (Å²) >= 11 is 0. The van der Waals surface area contributed by atoms with E-state index in [1.165, 1.54) is 21.8 Å². The van der Waals surface area contributed by atoms with Gasteiger partial charge in [-0.05, 0) is 4.92 Å². The first-order valence-electron chi connectivity index (χ1n) is 5.37. The van der Waals surface area contributed by atoms with E-state index in [1.807, 2.05) is 0 Å². The van der Waals surface area contributed by atoms with Crippen LogP contribution in [-0.4, -0.2) is 47.9 Å². The fourth-order valence-corrected chi connectivity index (χ4v) is 1.53. The first-order valence-corrected chi connectivity index (χ1v) is 5.37. The molecule has 2 aromatic heterocycles. The summed E-state index contributed by atoms with van der Waals surface area (Å²) in [5.41, 5.74) is 0.410. The zero-order chi connectivity index (χ0) is 13.8. The third kappa shape index (κ3) is 2.73. The fraction of sp³-hybridized carbons (Fsp3) is 0.444. The van der Waals surface area contributed by atoms with Crippen LogP contribution in [-0.2, 0) is 6.54 Å². The van der Waals surface area contributed by atoms with E-state index in [1.54, 1.807) is 0 Å². The van der Waals surface area contributed by atoms with Gasteiger partial charge in [0.25, 0.3) is 0 Å². The van der Waals surface area contributed by atoms with Crippen molar-refractivity contribution in [2.45, 2.75) is 12.6 Å². The van der Waals surface area contributed by atoms with E-state index in [9.17, 15) is 14.5 Å². The average Bonchev–Trinajstić information content (AvgIpc) is 3.01. The average molecular weight is 270 g/mol. The first-order chi connectivity index (χ1) is 9.15. The normalized spacial score (nSPS) is 12.5. The summed E-state index contributed by atoms with van der Waals surface area (Å²) in [6.45, 7) is -1.07. The van der Waals surface area contributed by atoms with Crippen LogP contribution in [0.3, 0.4) is 0 Å². The van der Waals surface area contributed by atoms with Crippen molar-refractivity contribution in [1.29, 1.82) is 0 Å². The molecule has 1 N–H and O–H groups in total. The highest BCUT2D eigenvalue weighted by molar-refractivity contribution is 5.16. The number of aliphatic hydroxyl groups is 1. The highest BCUT2D eigenvalue weighted by Crippen LogP contribution is 2.12. The maximum atomic E-state index is 12.5. The molecular formula is C9H11FN6O3. The summed E-state index contributed by atoms with van der Waals surface area (Å²) < 4.78 is 15.0. The Balaban J connectivity index is 2.16. The third-order valence-corrected chi connectivity index (χ3v) is 2.53. The standard InChI is InChI=1S/C9H11FN6O3/c10-1-8(5-17)15-4-7(12-13-15)3-14-6-11-2-9(14)16(18)19/h2,4,6,8,17H,1,3,5H2. The van der Waals surface area contributed by atoms with E-state index in [-0.39, 0.29) is 12.4 Å². The van der Waals surface area contributed by atoms with Crippen LogP contribution in [0, 0.1) is 10.1 Å². The monoisotopic (exact) mass is 270 g/mol. The molecule has 102 valence electrons. The lowest BCUT2D eigenvalue weighted by Gasteiger charge is -2.07. The second-order valence-electron chi connectivity index (χ2n) is 3.82. The Kier molecular flexibility index (Phi) is 3.80. The number of halogens is 1. The highest BCUT2D eigenvalue weighted by Gasteiger charge is 2.17. The van der Waals surface area contributed by atoms with Gasteiger partial charge >= 0.3 is 5.82 Å². The molecule has 0 bridgehead atoms. The summed E-state index contributed by atoms with van der Waals surface area (Å²) in [7, 11) is 0. The summed E-state index contributed by atoms with van der Waals surface area (Å²) in [5, 5.41) is 27.1. The molecule has 0 aromatic carbocycles. The molecule has 0 aliphatic heterocycles. The molecule has 2 rings (SSSR count). The van der Waals surface area contributed by atoms with Crippen molar-refractivity contribution < 1.29 is 14.4 Å². The molecule has 10 heteroatoms. The van der Waals surface area contributed by atoms with E-state index >= 15 is 0 Å². The minimum Gasteiger partial charge on any atom is -0.394 e. The first kappa shape index (κ1) is 13.1. The van der Waals surface area contributed by atoms with E-state index in [0.717, 1.165) is 6.20 Å². The van der Waals surface area contributed by atoms with Crippen LogP contribution in [0.5, 0.6) is 0 Å². The lowest BCUT2D eigenvalue weighted by atomic mass is 10.3. The van der Waals surface area contributed by atoms with Crippen LogP contribution < -0.4 is 0 Å². The second kappa shape index (κ2) is 5.52. The van der Waals surface area contributed by atoms with Crippen LogP contribution in [0.2, 0.25) is 0 Å². The van der Waals surface area contributed by atoms with Gasteiger partial charge in [0.2, 0.25) is 0 Å². The van der Waals surface area contributed by atoms with Gasteiger partial charge in [-0.1, -0.05) is 5.21 Å². The number of rotatable bonds is 6. The molecule has 0 spiro atoms. The van der Waals surface area contributed by atoms with Crippen LogP contribution in [0.15, 0.2) is 18.7 Å². The van der Waals surface area contributed by atoms with Gasteiger partial charge in [-0.2, -0.15) is 0 Å². The van der Waals surface area contributed by atoms with Gasteiger partial charge in [0, 0.05) is 0 Å². The van der Waals surface area contributed by atoms with Crippen molar-refractivity contribution in [2.24, 2.45) is 0 Å². The number of alkyl halides is 1. The molecule has 9 nitrogen and oxygen atoms in total. The minimum absolute atomic E-state index is 0.0980. The molecule has 0 aliphatic rings. The van der Waals surface area contributed by atoms with Crippen molar-refractivity contribution in [3.63, 3.8) is 0 Å². The Morgan fingerprint density at radius 3 is 3.00 bits per heavy atom. The molecule has 1 atom stereocenters. The Bertz CT molecular complexity index is 564. The number of imidazole rings is 1. The maximum Gasteiger partial charge on any atom is 0.342 e. The molecule has 0 saturated heterocycles. The van der Waals surface area contributed by atoms with Crippen LogP contribution in [0.25, 0.3) is 0 Å². The molecule has 19 heavy (non-hydrogen) atoms. The van der Waals surface area contributed by atoms with Crippen molar-refractivity contribution in [1.82, 2.24) is 24.5 Å². The molecule has 2 aromatic rings. The molecule has 0 aliphatic carbocycles. The topological polar surface area (TPSA) is 112 Å². The third-order valence-electron chi connectivity index (χ3n) is 2.53. The van der Waals surface area contributed by atoms with E-state index in [4.69, 9.17) is 5.11 Å². The van der Waals surface area contributed by atoms with Crippen molar-refractivity contribution in [2.75, 3.05) is 13.3 Å². The van der Waals surface area contributed by atoms with E-state index in [2.05, 4.69) is 15.3 Å². The predicted molar refractivity (Wildman–Crippen MR) is 60.1 cm³/mol. The lowest BCUT2D eigenvalue weighted by molar-refractivity contribution is -0.392.